The second kappa shape index (κ2) is 9.09. The maximum Gasteiger partial charge on any atom is 0.347 e. The highest BCUT2D eigenvalue weighted by atomic mass is 16.7. The molecule has 2 aromatic carbocycles. The molecule has 0 saturated carbocycles. The first kappa shape index (κ1) is 25.2. The van der Waals surface area contributed by atoms with Crippen molar-refractivity contribution in [3.05, 3.63) is 65.7 Å². The Bertz CT molecular complexity index is 966. The van der Waals surface area contributed by atoms with Crippen LogP contribution in [0.1, 0.15) is 52.7 Å². The molecule has 33 heavy (non-hydrogen) atoms. The summed E-state index contributed by atoms with van der Waals surface area (Å²) in [5.41, 5.74) is -2.01. The fourth-order valence-electron chi connectivity index (χ4n) is 4.49. The first-order chi connectivity index (χ1) is 15.3. The molecule has 2 aromatic rings. The standard InChI is InChI=1S/C27H36O6/c1-24(2,22-25(3,4)18-32-26(5,6)33-22)17-31-23(28)27(29,19-12-9-8-10-13-19)20-14-11-15-21(16-20)30-7/h8-16,22,29H,17-18H2,1-7H3. The number of rotatable bonds is 7. The summed E-state index contributed by atoms with van der Waals surface area (Å²) in [6.45, 7) is 12.5. The molecule has 1 fully saturated rings. The van der Waals surface area contributed by atoms with Crippen LogP contribution in [-0.2, 0) is 24.6 Å². The van der Waals surface area contributed by atoms with Crippen molar-refractivity contribution < 1.29 is 28.8 Å². The fourth-order valence-corrected chi connectivity index (χ4v) is 4.49. The normalized spacial score (nSPS) is 21.6. The maximum absolute atomic E-state index is 13.5. The molecule has 0 radical (unpaired) electrons. The first-order valence-electron chi connectivity index (χ1n) is 11.2. The van der Waals surface area contributed by atoms with E-state index in [0.29, 0.717) is 23.5 Å². The summed E-state index contributed by atoms with van der Waals surface area (Å²) in [6, 6.07) is 15.6. The molecular weight excluding hydrogens is 420 g/mol. The van der Waals surface area contributed by atoms with E-state index in [1.807, 2.05) is 33.8 Å². The molecule has 1 N–H and O–H groups in total. The van der Waals surface area contributed by atoms with Gasteiger partial charge in [0.25, 0.3) is 0 Å². The van der Waals surface area contributed by atoms with Crippen LogP contribution in [0.25, 0.3) is 0 Å². The Kier molecular flexibility index (Phi) is 6.94. The van der Waals surface area contributed by atoms with Gasteiger partial charge in [-0.1, -0.05) is 70.2 Å². The van der Waals surface area contributed by atoms with Gasteiger partial charge in [-0.15, -0.1) is 0 Å². The molecule has 0 spiro atoms. The minimum atomic E-state index is -1.99. The number of ether oxygens (including phenoxy) is 4. The van der Waals surface area contributed by atoms with Gasteiger partial charge in [-0.05, 0) is 31.5 Å². The van der Waals surface area contributed by atoms with Crippen LogP contribution in [0.2, 0.25) is 0 Å². The van der Waals surface area contributed by atoms with Crippen molar-refractivity contribution in [3.63, 3.8) is 0 Å². The minimum Gasteiger partial charge on any atom is -0.497 e. The van der Waals surface area contributed by atoms with Crippen LogP contribution in [0.15, 0.2) is 54.6 Å². The van der Waals surface area contributed by atoms with Crippen LogP contribution in [0.4, 0.5) is 0 Å². The van der Waals surface area contributed by atoms with Gasteiger partial charge in [-0.2, -0.15) is 0 Å². The Morgan fingerprint density at radius 3 is 2.33 bits per heavy atom. The van der Waals surface area contributed by atoms with Gasteiger partial charge in [0.1, 0.15) is 5.75 Å². The van der Waals surface area contributed by atoms with E-state index in [1.165, 1.54) is 0 Å². The van der Waals surface area contributed by atoms with Gasteiger partial charge in [0.2, 0.25) is 5.60 Å². The van der Waals surface area contributed by atoms with E-state index in [4.69, 9.17) is 18.9 Å². The quantitative estimate of drug-likeness (QED) is 0.610. The monoisotopic (exact) mass is 456 g/mol. The smallest absolute Gasteiger partial charge is 0.347 e. The topological polar surface area (TPSA) is 74.2 Å². The third kappa shape index (κ3) is 5.24. The molecule has 1 aliphatic rings. The number of aliphatic hydroxyl groups is 1. The van der Waals surface area contributed by atoms with E-state index in [-0.39, 0.29) is 18.1 Å². The number of hydrogen-bond donors (Lipinski definition) is 1. The molecule has 1 heterocycles. The molecule has 6 nitrogen and oxygen atoms in total. The largest absolute Gasteiger partial charge is 0.497 e. The average molecular weight is 457 g/mol. The maximum atomic E-state index is 13.5. The van der Waals surface area contributed by atoms with E-state index in [9.17, 15) is 9.90 Å². The number of hydrogen-bond acceptors (Lipinski definition) is 6. The number of carbonyl (C=O) groups is 1. The zero-order chi connectivity index (χ0) is 24.5. The molecule has 0 amide bonds. The lowest BCUT2D eigenvalue weighted by Gasteiger charge is -2.51. The lowest BCUT2D eigenvalue weighted by atomic mass is 9.71. The van der Waals surface area contributed by atoms with Gasteiger partial charge in [0.05, 0.1) is 26.4 Å². The number of benzene rings is 2. The Morgan fingerprint density at radius 2 is 1.70 bits per heavy atom. The molecule has 0 bridgehead atoms. The van der Waals surface area contributed by atoms with Crippen molar-refractivity contribution in [2.75, 3.05) is 20.3 Å². The van der Waals surface area contributed by atoms with Crippen molar-refractivity contribution >= 4 is 5.97 Å². The summed E-state index contributed by atoms with van der Waals surface area (Å²) < 4.78 is 23.2. The van der Waals surface area contributed by atoms with Crippen LogP contribution in [-0.4, -0.2) is 43.3 Å². The van der Waals surface area contributed by atoms with Gasteiger partial charge < -0.3 is 24.1 Å². The van der Waals surface area contributed by atoms with Crippen LogP contribution < -0.4 is 4.74 Å². The SMILES string of the molecule is COc1cccc(C(O)(C(=O)OCC(C)(C)C2OC(C)(C)OCC2(C)C)c2ccccc2)c1. The van der Waals surface area contributed by atoms with Crippen LogP contribution in [0, 0.1) is 10.8 Å². The van der Waals surface area contributed by atoms with Gasteiger partial charge in [0.15, 0.2) is 5.79 Å². The van der Waals surface area contributed by atoms with Crippen LogP contribution in [0.5, 0.6) is 5.75 Å². The van der Waals surface area contributed by atoms with Gasteiger partial charge in [-0.3, -0.25) is 0 Å². The zero-order valence-electron chi connectivity index (χ0n) is 20.7. The summed E-state index contributed by atoms with van der Waals surface area (Å²) in [5.74, 6) is -0.943. The van der Waals surface area contributed by atoms with Crippen molar-refractivity contribution in [3.8, 4) is 5.75 Å². The van der Waals surface area contributed by atoms with Crippen molar-refractivity contribution in [1.82, 2.24) is 0 Å². The number of carbonyl (C=O) groups excluding carboxylic acids is 1. The molecule has 2 unspecified atom stereocenters. The summed E-state index contributed by atoms with van der Waals surface area (Å²) in [6.07, 6.45) is -0.233. The summed E-state index contributed by atoms with van der Waals surface area (Å²) in [5, 5.41) is 11.8. The van der Waals surface area contributed by atoms with E-state index in [0.717, 1.165) is 0 Å². The molecular formula is C27H36O6. The average Bonchev–Trinajstić information content (AvgIpc) is 2.79. The second-order valence-corrected chi connectivity index (χ2v) is 10.5. The lowest BCUT2D eigenvalue weighted by Crippen LogP contribution is -2.57. The highest BCUT2D eigenvalue weighted by molar-refractivity contribution is 5.85. The Hall–Kier alpha value is -2.41. The Morgan fingerprint density at radius 1 is 1.06 bits per heavy atom. The third-order valence-electron chi connectivity index (χ3n) is 6.16. The van der Waals surface area contributed by atoms with Crippen LogP contribution in [0.3, 0.4) is 0 Å². The predicted octanol–water partition coefficient (Wildman–Crippen LogP) is 4.68. The lowest BCUT2D eigenvalue weighted by molar-refractivity contribution is -0.333. The van der Waals surface area contributed by atoms with E-state index < -0.39 is 22.8 Å². The van der Waals surface area contributed by atoms with Gasteiger partial charge in [0, 0.05) is 16.4 Å². The highest BCUT2D eigenvalue weighted by Crippen LogP contribution is 2.44. The molecule has 0 aliphatic carbocycles. The fraction of sp³-hybridized carbons (Fsp3) is 0.519. The minimum absolute atomic E-state index is 0.0646. The third-order valence-corrected chi connectivity index (χ3v) is 6.16. The molecule has 6 heteroatoms. The molecule has 1 aliphatic heterocycles. The van der Waals surface area contributed by atoms with Crippen LogP contribution >= 0.6 is 0 Å². The molecule has 180 valence electrons. The highest BCUT2D eigenvalue weighted by Gasteiger charge is 2.50. The zero-order valence-corrected chi connectivity index (χ0v) is 20.7. The Balaban J connectivity index is 1.90. The van der Waals surface area contributed by atoms with E-state index >= 15 is 0 Å². The first-order valence-corrected chi connectivity index (χ1v) is 11.2. The molecule has 0 aromatic heterocycles. The molecule has 2 atom stereocenters. The van der Waals surface area contributed by atoms with Crippen molar-refractivity contribution in [2.45, 2.75) is 59.0 Å². The summed E-state index contributed by atoms with van der Waals surface area (Å²) >= 11 is 0. The van der Waals surface area contributed by atoms with Crippen molar-refractivity contribution in [2.24, 2.45) is 10.8 Å². The number of methoxy groups -OCH3 is 1. The van der Waals surface area contributed by atoms with Gasteiger partial charge in [-0.25, -0.2) is 4.79 Å². The molecule has 1 saturated heterocycles. The summed E-state index contributed by atoms with van der Waals surface area (Å²) in [7, 11) is 1.54. The predicted molar refractivity (Wildman–Crippen MR) is 126 cm³/mol. The second-order valence-electron chi connectivity index (χ2n) is 10.5. The van der Waals surface area contributed by atoms with Crippen molar-refractivity contribution in [1.29, 1.82) is 0 Å². The van der Waals surface area contributed by atoms with E-state index in [2.05, 4.69) is 13.8 Å². The van der Waals surface area contributed by atoms with Gasteiger partial charge >= 0.3 is 5.97 Å². The van der Waals surface area contributed by atoms with E-state index in [1.54, 1.807) is 55.6 Å². The summed E-state index contributed by atoms with van der Waals surface area (Å²) in [4.78, 5) is 13.5. The molecule has 3 rings (SSSR count). The number of esters is 1. The Labute approximate surface area is 196 Å².